The van der Waals surface area contributed by atoms with Gasteiger partial charge in [0, 0.05) is 10.7 Å². The van der Waals surface area contributed by atoms with E-state index in [2.05, 4.69) is 25.6 Å². The third kappa shape index (κ3) is 1.33. The molecule has 0 aromatic heterocycles. The Kier molecular flexibility index (Phi) is 2.35. The largest absolute Gasteiger partial charge is 0.212 e. The SMILES string of the molecule is CC12CC3C4CC(S)C=C4CCC3C1CC=C2F. The van der Waals surface area contributed by atoms with Crippen LogP contribution < -0.4 is 0 Å². The molecule has 6 unspecified atom stereocenters. The Bertz CT molecular complexity index is 452. The molecule has 4 rings (SSSR count). The van der Waals surface area contributed by atoms with E-state index in [1.165, 1.54) is 19.3 Å². The molecule has 2 saturated carbocycles. The summed E-state index contributed by atoms with van der Waals surface area (Å²) in [6.45, 7) is 2.17. The molecule has 0 radical (unpaired) electrons. The molecule has 0 aromatic carbocycles. The van der Waals surface area contributed by atoms with Crippen LogP contribution in [0.1, 0.15) is 39.0 Å². The summed E-state index contributed by atoms with van der Waals surface area (Å²) in [4.78, 5) is 0. The van der Waals surface area contributed by atoms with Crippen LogP contribution in [0.5, 0.6) is 0 Å². The summed E-state index contributed by atoms with van der Waals surface area (Å²) in [5, 5.41) is 0.456. The lowest BCUT2D eigenvalue weighted by Crippen LogP contribution is -2.27. The Labute approximate surface area is 114 Å². The summed E-state index contributed by atoms with van der Waals surface area (Å²) >= 11 is 4.63. The maximum Gasteiger partial charge on any atom is 0.102 e. The first-order valence-electron chi connectivity index (χ1n) is 7.34. The van der Waals surface area contributed by atoms with Crippen molar-refractivity contribution >= 4 is 12.6 Å². The van der Waals surface area contributed by atoms with Crippen molar-refractivity contribution in [2.75, 3.05) is 0 Å². The minimum Gasteiger partial charge on any atom is -0.212 e. The lowest BCUT2D eigenvalue weighted by molar-refractivity contribution is 0.190. The van der Waals surface area contributed by atoms with Crippen LogP contribution in [0.25, 0.3) is 0 Å². The summed E-state index contributed by atoms with van der Waals surface area (Å²) in [6, 6.07) is 0. The van der Waals surface area contributed by atoms with Gasteiger partial charge in [-0.1, -0.05) is 24.6 Å². The van der Waals surface area contributed by atoms with Crippen LogP contribution >= 0.6 is 12.6 Å². The fourth-order valence-corrected chi connectivity index (χ4v) is 5.91. The van der Waals surface area contributed by atoms with Gasteiger partial charge < -0.3 is 0 Å². The standard InChI is InChI=1S/C16H21FS/c1-16-8-13-11(14(16)4-5-15(16)17)3-2-9-6-10(18)7-12(9)13/h5-6,10-14,18H,2-4,7-8H2,1H3. The predicted octanol–water partition coefficient (Wildman–Crippen LogP) is 4.54. The molecule has 0 saturated heterocycles. The molecule has 0 aromatic rings. The molecule has 2 heteroatoms. The Morgan fingerprint density at radius 3 is 3.06 bits per heavy atom. The van der Waals surface area contributed by atoms with Gasteiger partial charge >= 0.3 is 0 Å². The second kappa shape index (κ2) is 3.65. The van der Waals surface area contributed by atoms with Crippen molar-refractivity contribution in [2.45, 2.75) is 44.3 Å². The molecule has 2 fully saturated rings. The fourth-order valence-electron chi connectivity index (χ4n) is 5.49. The van der Waals surface area contributed by atoms with E-state index < -0.39 is 0 Å². The highest BCUT2D eigenvalue weighted by Gasteiger charge is 2.58. The molecule has 0 heterocycles. The zero-order chi connectivity index (χ0) is 12.5. The molecular formula is C16H21FS. The molecular weight excluding hydrogens is 243 g/mol. The van der Waals surface area contributed by atoms with E-state index in [1.807, 2.05) is 6.08 Å². The highest BCUT2D eigenvalue weighted by Crippen LogP contribution is 2.65. The molecule has 4 aliphatic carbocycles. The molecule has 98 valence electrons. The van der Waals surface area contributed by atoms with Gasteiger partial charge in [0.1, 0.15) is 5.83 Å². The summed E-state index contributed by atoms with van der Waals surface area (Å²) in [7, 11) is 0. The second-order valence-electron chi connectivity index (χ2n) is 7.03. The smallest absolute Gasteiger partial charge is 0.102 e. The van der Waals surface area contributed by atoms with Gasteiger partial charge in [0.2, 0.25) is 0 Å². The van der Waals surface area contributed by atoms with Crippen molar-refractivity contribution in [1.82, 2.24) is 0 Å². The van der Waals surface area contributed by atoms with Crippen molar-refractivity contribution in [2.24, 2.45) is 29.1 Å². The molecule has 4 aliphatic rings. The Hall–Kier alpha value is -0.240. The Morgan fingerprint density at radius 2 is 2.22 bits per heavy atom. The number of hydrogen-bond donors (Lipinski definition) is 1. The number of fused-ring (bicyclic) bond motifs is 5. The van der Waals surface area contributed by atoms with Gasteiger partial charge in [-0.3, -0.25) is 0 Å². The van der Waals surface area contributed by atoms with E-state index >= 15 is 0 Å². The molecule has 18 heavy (non-hydrogen) atoms. The quantitative estimate of drug-likeness (QED) is 0.482. The fraction of sp³-hybridized carbons (Fsp3) is 0.750. The lowest BCUT2D eigenvalue weighted by atomic mass is 9.69. The van der Waals surface area contributed by atoms with Crippen LogP contribution in [0.15, 0.2) is 23.6 Å². The molecule has 0 amide bonds. The third-order valence-corrected chi connectivity index (χ3v) is 6.66. The summed E-state index contributed by atoms with van der Waals surface area (Å²) in [5.41, 5.74) is 1.52. The average Bonchev–Trinajstić information content (AvgIpc) is 2.91. The molecule has 0 bridgehead atoms. The summed E-state index contributed by atoms with van der Waals surface area (Å²) in [6.07, 6.45) is 10.0. The maximum atomic E-state index is 14.2. The second-order valence-corrected chi connectivity index (χ2v) is 7.70. The number of rotatable bonds is 0. The maximum absolute atomic E-state index is 14.2. The van der Waals surface area contributed by atoms with Crippen molar-refractivity contribution < 1.29 is 4.39 Å². The van der Waals surface area contributed by atoms with Gasteiger partial charge in [-0.15, -0.1) is 0 Å². The first-order chi connectivity index (χ1) is 8.59. The van der Waals surface area contributed by atoms with Crippen LogP contribution in [0.3, 0.4) is 0 Å². The zero-order valence-electron chi connectivity index (χ0n) is 10.9. The van der Waals surface area contributed by atoms with Crippen LogP contribution in [0.2, 0.25) is 0 Å². The van der Waals surface area contributed by atoms with Crippen molar-refractivity contribution in [3.8, 4) is 0 Å². The number of allylic oxidation sites excluding steroid dienone is 3. The van der Waals surface area contributed by atoms with Gasteiger partial charge in [0.05, 0.1) is 0 Å². The predicted molar refractivity (Wildman–Crippen MR) is 75.2 cm³/mol. The minimum atomic E-state index is -0.126. The zero-order valence-corrected chi connectivity index (χ0v) is 11.8. The first-order valence-corrected chi connectivity index (χ1v) is 7.86. The van der Waals surface area contributed by atoms with Crippen LogP contribution in [-0.2, 0) is 0 Å². The summed E-state index contributed by atoms with van der Waals surface area (Å²) < 4.78 is 14.2. The van der Waals surface area contributed by atoms with Gasteiger partial charge in [-0.25, -0.2) is 4.39 Å². The molecule has 6 atom stereocenters. The highest BCUT2D eigenvalue weighted by atomic mass is 32.1. The van der Waals surface area contributed by atoms with Crippen molar-refractivity contribution in [3.63, 3.8) is 0 Å². The Morgan fingerprint density at radius 1 is 1.39 bits per heavy atom. The molecule has 0 aliphatic heterocycles. The molecule has 0 N–H and O–H groups in total. The topological polar surface area (TPSA) is 0 Å². The minimum absolute atomic E-state index is 0.126. The van der Waals surface area contributed by atoms with Gasteiger partial charge in [-0.05, 0) is 55.8 Å². The van der Waals surface area contributed by atoms with E-state index in [0.717, 1.165) is 30.6 Å². The molecule has 0 nitrogen and oxygen atoms in total. The Balaban J connectivity index is 1.68. The van der Waals surface area contributed by atoms with E-state index in [-0.39, 0.29) is 11.2 Å². The van der Waals surface area contributed by atoms with Crippen LogP contribution in [0.4, 0.5) is 4.39 Å². The van der Waals surface area contributed by atoms with E-state index in [4.69, 9.17) is 0 Å². The third-order valence-electron chi connectivity index (χ3n) is 6.30. The van der Waals surface area contributed by atoms with Gasteiger partial charge in [0.15, 0.2) is 0 Å². The van der Waals surface area contributed by atoms with Crippen LogP contribution in [-0.4, -0.2) is 5.25 Å². The van der Waals surface area contributed by atoms with E-state index in [0.29, 0.717) is 11.2 Å². The van der Waals surface area contributed by atoms with Crippen LogP contribution in [0, 0.1) is 29.1 Å². The number of halogens is 1. The van der Waals surface area contributed by atoms with Gasteiger partial charge in [-0.2, -0.15) is 12.6 Å². The van der Waals surface area contributed by atoms with E-state index in [1.54, 1.807) is 5.57 Å². The normalized spacial score (nSPS) is 53.6. The summed E-state index contributed by atoms with van der Waals surface area (Å²) in [5.74, 6) is 2.99. The van der Waals surface area contributed by atoms with Gasteiger partial charge in [0.25, 0.3) is 0 Å². The first kappa shape index (κ1) is 11.6. The molecule has 0 spiro atoms. The lowest BCUT2D eigenvalue weighted by Gasteiger charge is -2.35. The number of hydrogen-bond acceptors (Lipinski definition) is 1. The van der Waals surface area contributed by atoms with E-state index in [9.17, 15) is 4.39 Å². The monoisotopic (exact) mass is 264 g/mol. The van der Waals surface area contributed by atoms with Crippen molar-refractivity contribution in [3.05, 3.63) is 23.6 Å². The highest BCUT2D eigenvalue weighted by molar-refractivity contribution is 7.81. The average molecular weight is 264 g/mol. The number of thiol groups is 1. The van der Waals surface area contributed by atoms with Crippen molar-refractivity contribution in [1.29, 1.82) is 0 Å².